The number of nitrogens with zero attached hydrogens (tertiary/aromatic N) is 1. The first kappa shape index (κ1) is 36.6. The second-order valence-corrected chi connectivity index (χ2v) is 15.8. The van der Waals surface area contributed by atoms with Crippen LogP contribution in [0.15, 0.2) is 72.8 Å². The van der Waals surface area contributed by atoms with Crippen LogP contribution in [0.2, 0.25) is 0 Å². The average Bonchev–Trinajstić information content (AvgIpc) is 3.52. The van der Waals surface area contributed by atoms with E-state index < -0.39 is 21.6 Å². The molecule has 0 unspecified atom stereocenters. The van der Waals surface area contributed by atoms with Gasteiger partial charge in [-0.15, -0.1) is 0 Å². The molecule has 0 aromatic heterocycles. The molecule has 2 aliphatic heterocycles. The van der Waals surface area contributed by atoms with E-state index in [1.54, 1.807) is 0 Å². The van der Waals surface area contributed by atoms with Crippen molar-refractivity contribution >= 4 is 46.7 Å². The fraction of sp³-hybridized carbons (Fsp3) is 0.459. The third-order valence-corrected chi connectivity index (χ3v) is 9.22. The fourth-order valence-electron chi connectivity index (χ4n) is 6.25. The molecule has 11 heteroatoms. The Morgan fingerprint density at radius 2 is 1.62 bits per heavy atom. The van der Waals surface area contributed by atoms with Crippen molar-refractivity contribution in [2.75, 3.05) is 13.1 Å². The highest BCUT2D eigenvalue weighted by Crippen LogP contribution is 2.43. The summed E-state index contributed by atoms with van der Waals surface area (Å²) in [6, 6.07) is 23.2. The van der Waals surface area contributed by atoms with Crippen LogP contribution < -0.4 is 5.32 Å². The van der Waals surface area contributed by atoms with Gasteiger partial charge in [-0.3, -0.25) is 14.5 Å². The van der Waals surface area contributed by atoms with E-state index in [0.717, 1.165) is 52.8 Å². The Kier molecular flexibility index (Phi) is 11.8. The lowest BCUT2D eigenvalue weighted by atomic mass is 9.89. The van der Waals surface area contributed by atoms with E-state index in [1.165, 1.54) is 0 Å². The summed E-state index contributed by atoms with van der Waals surface area (Å²) in [7, 11) is 0. The number of ether oxygens (including phenoxy) is 3. The Hall–Kier alpha value is -2.69. The van der Waals surface area contributed by atoms with Crippen molar-refractivity contribution in [2.45, 2.75) is 87.6 Å². The van der Waals surface area contributed by atoms with Crippen LogP contribution in [0.5, 0.6) is 0 Å². The van der Waals surface area contributed by atoms with Crippen LogP contribution in [0.25, 0.3) is 11.1 Å². The number of halogens is 3. The minimum absolute atomic E-state index is 0.0377. The number of alkyl halides is 3. The predicted octanol–water partition coefficient (Wildman–Crippen LogP) is 7.43. The number of benzene rings is 3. The molecule has 0 saturated carbocycles. The van der Waals surface area contributed by atoms with Crippen LogP contribution >= 0.6 is 34.8 Å². The van der Waals surface area contributed by atoms with E-state index in [1.807, 2.05) is 93.6 Å². The van der Waals surface area contributed by atoms with Crippen molar-refractivity contribution in [3.8, 4) is 11.1 Å². The van der Waals surface area contributed by atoms with Crippen molar-refractivity contribution in [2.24, 2.45) is 5.92 Å². The van der Waals surface area contributed by atoms with Crippen molar-refractivity contribution in [1.82, 2.24) is 10.2 Å². The number of carbonyl (C=O) groups is 2. The van der Waals surface area contributed by atoms with Gasteiger partial charge in [-0.1, -0.05) is 102 Å². The highest BCUT2D eigenvalue weighted by molar-refractivity contribution is 6.76. The summed E-state index contributed by atoms with van der Waals surface area (Å²) in [5.41, 5.74) is 4.82. The van der Waals surface area contributed by atoms with E-state index in [0.29, 0.717) is 6.54 Å². The lowest BCUT2D eigenvalue weighted by Gasteiger charge is -2.43. The zero-order valence-electron chi connectivity index (χ0n) is 27.6. The number of esters is 1. The number of aliphatic hydroxyl groups is 1. The minimum atomic E-state index is -2.04. The van der Waals surface area contributed by atoms with Gasteiger partial charge in [-0.2, -0.15) is 0 Å². The third-order valence-electron chi connectivity index (χ3n) is 8.71. The van der Waals surface area contributed by atoms with Crippen molar-refractivity contribution in [3.63, 3.8) is 0 Å². The van der Waals surface area contributed by atoms with Gasteiger partial charge >= 0.3 is 5.97 Å². The third kappa shape index (κ3) is 9.30. The van der Waals surface area contributed by atoms with Gasteiger partial charge in [-0.25, -0.2) is 0 Å². The smallest absolute Gasteiger partial charge is 0.323 e. The Bertz CT molecular complexity index is 1570. The molecule has 2 N–H and O–H groups in total. The maximum Gasteiger partial charge on any atom is 0.323 e. The van der Waals surface area contributed by atoms with Gasteiger partial charge in [0, 0.05) is 24.6 Å². The molecule has 0 bridgehead atoms. The molecule has 2 aliphatic rings. The normalized spacial score (nSPS) is 23.5. The van der Waals surface area contributed by atoms with Crippen molar-refractivity contribution in [3.05, 3.63) is 95.1 Å². The van der Waals surface area contributed by atoms with E-state index in [-0.39, 0.29) is 43.3 Å². The molecule has 5 atom stereocenters. The average molecular weight is 718 g/mol. The van der Waals surface area contributed by atoms with Crippen LogP contribution in [0.1, 0.15) is 75.2 Å². The van der Waals surface area contributed by atoms with Crippen molar-refractivity contribution < 1.29 is 28.9 Å². The maximum absolute atomic E-state index is 13.2. The second kappa shape index (κ2) is 15.5. The number of amides is 1. The lowest BCUT2D eigenvalue weighted by Crippen LogP contribution is -2.48. The maximum atomic E-state index is 13.2. The molecule has 3 aromatic carbocycles. The molecular formula is C37H43Cl3N2O6. The van der Waals surface area contributed by atoms with Crippen LogP contribution in [-0.2, 0) is 37.0 Å². The van der Waals surface area contributed by atoms with Gasteiger partial charge in [-0.05, 0) is 80.1 Å². The summed E-state index contributed by atoms with van der Waals surface area (Å²) in [6.07, 6.45) is 0.437. The Balaban J connectivity index is 1.40. The highest BCUT2D eigenvalue weighted by atomic mass is 35.6. The number of hydrogen-bond acceptors (Lipinski definition) is 7. The number of nitrogens with one attached hydrogen (secondary N) is 1. The SMILES string of the molecule is C[C@@H]1[C@H](CN2CCC[C@H]2C(=O)OC(C)(C)C)O[C@H](c2cccc(-c3cccc(CNC(=O)C(Cl)(Cl)Cl)c3)c2)O[C@@H]1c1ccc(CO)cc1. The van der Waals surface area contributed by atoms with Crippen LogP contribution in [0.4, 0.5) is 0 Å². The molecule has 2 fully saturated rings. The summed E-state index contributed by atoms with van der Waals surface area (Å²) in [5, 5.41) is 12.3. The van der Waals surface area contributed by atoms with E-state index in [2.05, 4.69) is 17.1 Å². The first-order valence-electron chi connectivity index (χ1n) is 16.2. The summed E-state index contributed by atoms with van der Waals surface area (Å²) in [6.45, 7) is 9.28. The zero-order valence-corrected chi connectivity index (χ0v) is 29.9. The van der Waals surface area contributed by atoms with Crippen LogP contribution in [0, 0.1) is 5.92 Å². The summed E-state index contributed by atoms with van der Waals surface area (Å²) < 4.78 is 17.2. The number of hydrogen-bond donors (Lipinski definition) is 2. The van der Waals surface area contributed by atoms with E-state index in [4.69, 9.17) is 49.0 Å². The van der Waals surface area contributed by atoms with Gasteiger partial charge in [0.15, 0.2) is 6.29 Å². The molecule has 0 aliphatic carbocycles. The fourth-order valence-corrected chi connectivity index (χ4v) is 6.45. The Morgan fingerprint density at radius 1 is 0.938 bits per heavy atom. The first-order chi connectivity index (χ1) is 22.7. The summed E-state index contributed by atoms with van der Waals surface area (Å²) in [5.74, 6) is -0.930. The summed E-state index contributed by atoms with van der Waals surface area (Å²) >= 11 is 17.1. The van der Waals surface area contributed by atoms with Gasteiger partial charge < -0.3 is 24.6 Å². The molecule has 48 heavy (non-hydrogen) atoms. The molecule has 5 rings (SSSR count). The van der Waals surface area contributed by atoms with Gasteiger partial charge in [0.25, 0.3) is 9.70 Å². The Labute approximate surface area is 297 Å². The van der Waals surface area contributed by atoms with Gasteiger partial charge in [0.2, 0.25) is 0 Å². The number of carbonyl (C=O) groups excluding carboxylic acids is 2. The molecule has 2 saturated heterocycles. The monoisotopic (exact) mass is 716 g/mol. The molecular weight excluding hydrogens is 675 g/mol. The van der Waals surface area contributed by atoms with Gasteiger partial charge in [0.1, 0.15) is 11.6 Å². The number of rotatable bonds is 9. The van der Waals surface area contributed by atoms with Crippen molar-refractivity contribution in [1.29, 1.82) is 0 Å². The predicted molar refractivity (Wildman–Crippen MR) is 187 cm³/mol. The van der Waals surface area contributed by atoms with E-state index >= 15 is 0 Å². The molecule has 3 aromatic rings. The highest BCUT2D eigenvalue weighted by Gasteiger charge is 2.42. The molecule has 0 radical (unpaired) electrons. The molecule has 0 spiro atoms. The second-order valence-electron chi connectivity index (χ2n) is 13.5. The van der Waals surface area contributed by atoms with Crippen LogP contribution in [0.3, 0.4) is 0 Å². The van der Waals surface area contributed by atoms with Crippen LogP contribution in [-0.4, -0.2) is 56.5 Å². The molecule has 1 amide bonds. The Morgan fingerprint density at radius 3 is 2.29 bits per heavy atom. The zero-order chi connectivity index (χ0) is 34.6. The van der Waals surface area contributed by atoms with Gasteiger partial charge in [0.05, 0.1) is 18.8 Å². The topological polar surface area (TPSA) is 97.3 Å². The largest absolute Gasteiger partial charge is 0.459 e. The first-order valence-corrected chi connectivity index (χ1v) is 17.4. The standard InChI is InChI=1S/C37H43Cl3N2O6/c1-23-31(21-42-17-7-12-30(42)33(44)48-36(2,3)4)46-34(47-32(23)26-15-13-24(22-43)14-16-26)29-11-6-10-28(19-29)27-9-5-8-25(18-27)20-41-35(45)37(38,39)40/h5-6,8-11,13-16,18-19,23,30-32,34,43H,7,12,17,20-22H2,1-4H3,(H,41,45)/t23-,30+,31+,32+,34+/m1/s1. The lowest BCUT2D eigenvalue weighted by molar-refractivity contribution is -0.276. The summed E-state index contributed by atoms with van der Waals surface area (Å²) in [4.78, 5) is 27.4. The number of likely N-dealkylation sites (tertiary alicyclic amines) is 1. The van der Waals surface area contributed by atoms with E-state index in [9.17, 15) is 14.7 Å². The molecule has 8 nitrogen and oxygen atoms in total. The minimum Gasteiger partial charge on any atom is -0.459 e. The molecule has 258 valence electrons. The quantitative estimate of drug-likeness (QED) is 0.176. The molecule has 2 heterocycles. The number of aliphatic hydroxyl groups excluding tert-OH is 1.